The van der Waals surface area contributed by atoms with Gasteiger partial charge in [-0.25, -0.2) is 0 Å². The molecular formula is C11H11BrO3. The first kappa shape index (κ1) is 11.9. The molecule has 0 heterocycles. The third kappa shape index (κ3) is 4.25. The average molecular weight is 271 g/mol. The second-order valence-electron chi connectivity index (χ2n) is 3.13. The number of carbonyl (C=O) groups excluding carboxylic acids is 2. The largest absolute Gasteiger partial charge is 0.460 e. The van der Waals surface area contributed by atoms with Crippen molar-refractivity contribution in [1.82, 2.24) is 0 Å². The van der Waals surface area contributed by atoms with Gasteiger partial charge in [-0.05, 0) is 13.0 Å². The Morgan fingerprint density at radius 1 is 1.33 bits per heavy atom. The van der Waals surface area contributed by atoms with Gasteiger partial charge in [0.2, 0.25) is 0 Å². The number of hydrogen-bond acceptors (Lipinski definition) is 3. The van der Waals surface area contributed by atoms with Crippen LogP contribution in [0.15, 0.2) is 28.7 Å². The second kappa shape index (κ2) is 5.66. The van der Waals surface area contributed by atoms with Gasteiger partial charge in [0, 0.05) is 10.0 Å². The van der Waals surface area contributed by atoms with Crippen LogP contribution >= 0.6 is 15.9 Å². The van der Waals surface area contributed by atoms with Crippen LogP contribution in [0.25, 0.3) is 0 Å². The Balaban J connectivity index is 2.47. The lowest BCUT2D eigenvalue weighted by molar-refractivity contribution is -0.146. The lowest BCUT2D eigenvalue weighted by Gasteiger charge is -2.05. The third-order valence-electron chi connectivity index (χ3n) is 1.74. The number of Topliss-reactive ketones (excluding diaryl/α,β-unsaturated/α-hetero) is 1. The summed E-state index contributed by atoms with van der Waals surface area (Å²) in [5, 5.41) is 0. The average Bonchev–Trinajstić information content (AvgIpc) is 2.15. The second-order valence-corrected chi connectivity index (χ2v) is 3.99. The zero-order valence-corrected chi connectivity index (χ0v) is 9.91. The van der Waals surface area contributed by atoms with E-state index in [1.807, 2.05) is 24.3 Å². The zero-order chi connectivity index (χ0) is 11.3. The van der Waals surface area contributed by atoms with Crippen LogP contribution in [0.5, 0.6) is 0 Å². The molecular weight excluding hydrogens is 260 g/mol. The Hall–Kier alpha value is -1.16. The van der Waals surface area contributed by atoms with E-state index in [1.54, 1.807) is 0 Å². The molecule has 3 nitrogen and oxygen atoms in total. The molecule has 0 radical (unpaired) electrons. The molecule has 80 valence electrons. The number of benzene rings is 1. The first-order valence-electron chi connectivity index (χ1n) is 4.48. The fourth-order valence-corrected chi connectivity index (χ4v) is 1.43. The maximum absolute atomic E-state index is 11.1. The van der Waals surface area contributed by atoms with Crippen LogP contribution in [-0.4, -0.2) is 11.8 Å². The summed E-state index contributed by atoms with van der Waals surface area (Å²) in [6, 6.07) is 7.46. The van der Waals surface area contributed by atoms with E-state index in [0.29, 0.717) is 0 Å². The van der Waals surface area contributed by atoms with Crippen molar-refractivity contribution in [2.75, 3.05) is 0 Å². The van der Waals surface area contributed by atoms with Crippen molar-refractivity contribution in [2.24, 2.45) is 0 Å². The van der Waals surface area contributed by atoms with Crippen molar-refractivity contribution in [3.8, 4) is 0 Å². The number of rotatable bonds is 4. The number of hydrogen-bond donors (Lipinski definition) is 0. The van der Waals surface area contributed by atoms with Crippen molar-refractivity contribution >= 4 is 27.7 Å². The Kier molecular flexibility index (Phi) is 4.49. The lowest BCUT2D eigenvalue weighted by atomic mass is 10.2. The fraction of sp³-hybridized carbons (Fsp3) is 0.273. The fourth-order valence-electron chi connectivity index (χ4n) is 1.03. The molecule has 0 aromatic heterocycles. The smallest absolute Gasteiger partial charge is 0.313 e. The van der Waals surface area contributed by atoms with Crippen molar-refractivity contribution in [3.63, 3.8) is 0 Å². The number of ether oxygens (including phenoxy) is 1. The summed E-state index contributed by atoms with van der Waals surface area (Å²) in [5.41, 5.74) is 0.884. The van der Waals surface area contributed by atoms with Gasteiger partial charge in [0.25, 0.3) is 0 Å². The molecule has 0 bridgehead atoms. The van der Waals surface area contributed by atoms with Crippen molar-refractivity contribution in [2.45, 2.75) is 20.0 Å². The molecule has 0 aliphatic rings. The van der Waals surface area contributed by atoms with Crippen molar-refractivity contribution in [1.29, 1.82) is 0 Å². The van der Waals surface area contributed by atoms with Gasteiger partial charge in [0.05, 0.1) is 0 Å². The first-order chi connectivity index (χ1) is 7.09. The molecule has 0 amide bonds. The molecule has 15 heavy (non-hydrogen) atoms. The monoisotopic (exact) mass is 270 g/mol. The number of ketones is 1. The van der Waals surface area contributed by atoms with Crippen LogP contribution in [0.1, 0.15) is 18.9 Å². The Morgan fingerprint density at radius 3 is 2.60 bits per heavy atom. The molecule has 1 aromatic carbocycles. The van der Waals surface area contributed by atoms with Gasteiger partial charge in [-0.1, -0.05) is 34.1 Å². The molecule has 1 rings (SSSR count). The van der Waals surface area contributed by atoms with Crippen LogP contribution in [0.3, 0.4) is 0 Å². The van der Waals surface area contributed by atoms with Gasteiger partial charge in [-0.15, -0.1) is 0 Å². The number of esters is 1. The van der Waals surface area contributed by atoms with Crippen LogP contribution in [0.4, 0.5) is 0 Å². The van der Waals surface area contributed by atoms with E-state index in [-0.39, 0.29) is 18.8 Å². The SMILES string of the molecule is CC(=O)CC(=O)OCc1ccccc1Br. The van der Waals surface area contributed by atoms with Crippen LogP contribution in [-0.2, 0) is 20.9 Å². The van der Waals surface area contributed by atoms with E-state index in [9.17, 15) is 9.59 Å². The van der Waals surface area contributed by atoms with Crippen LogP contribution in [0, 0.1) is 0 Å². The van der Waals surface area contributed by atoms with Gasteiger partial charge < -0.3 is 4.74 Å². The summed E-state index contributed by atoms with van der Waals surface area (Å²) >= 11 is 3.34. The van der Waals surface area contributed by atoms with Gasteiger partial charge >= 0.3 is 5.97 Å². The van der Waals surface area contributed by atoms with E-state index < -0.39 is 5.97 Å². The molecule has 0 fully saturated rings. The summed E-state index contributed by atoms with van der Waals surface area (Å²) in [6.45, 7) is 1.55. The van der Waals surface area contributed by atoms with Crippen molar-refractivity contribution in [3.05, 3.63) is 34.3 Å². The maximum Gasteiger partial charge on any atom is 0.313 e. The van der Waals surface area contributed by atoms with E-state index in [0.717, 1.165) is 10.0 Å². The quantitative estimate of drug-likeness (QED) is 0.624. The van der Waals surface area contributed by atoms with Crippen molar-refractivity contribution < 1.29 is 14.3 Å². The highest BCUT2D eigenvalue weighted by Gasteiger charge is 2.07. The molecule has 0 atom stereocenters. The van der Waals surface area contributed by atoms with E-state index >= 15 is 0 Å². The minimum Gasteiger partial charge on any atom is -0.460 e. The zero-order valence-electron chi connectivity index (χ0n) is 8.33. The number of carbonyl (C=O) groups is 2. The molecule has 0 spiro atoms. The standard InChI is InChI=1S/C11H11BrO3/c1-8(13)6-11(14)15-7-9-4-2-3-5-10(9)12/h2-5H,6-7H2,1H3. The lowest BCUT2D eigenvalue weighted by Crippen LogP contribution is -2.08. The van der Waals surface area contributed by atoms with Gasteiger partial charge in [-0.2, -0.15) is 0 Å². The summed E-state index contributed by atoms with van der Waals surface area (Å²) in [5.74, 6) is -0.676. The molecule has 0 saturated carbocycles. The van der Waals surface area contributed by atoms with E-state index in [1.165, 1.54) is 6.92 Å². The minimum atomic E-state index is -0.488. The molecule has 1 aromatic rings. The highest BCUT2D eigenvalue weighted by Crippen LogP contribution is 2.16. The topological polar surface area (TPSA) is 43.4 Å². The van der Waals surface area contributed by atoms with Crippen LogP contribution in [0.2, 0.25) is 0 Å². The molecule has 0 aliphatic carbocycles. The van der Waals surface area contributed by atoms with Gasteiger partial charge in [0.15, 0.2) is 0 Å². The normalized spacial score (nSPS) is 9.73. The Bertz CT molecular complexity index is 374. The summed E-state index contributed by atoms with van der Waals surface area (Å²) < 4.78 is 5.82. The predicted molar refractivity (Wildman–Crippen MR) is 59.2 cm³/mol. The third-order valence-corrected chi connectivity index (χ3v) is 2.51. The molecule has 0 unspecified atom stereocenters. The first-order valence-corrected chi connectivity index (χ1v) is 5.27. The molecule has 0 N–H and O–H groups in total. The summed E-state index contributed by atoms with van der Waals surface area (Å²) in [6.07, 6.45) is -0.162. The van der Waals surface area contributed by atoms with E-state index in [4.69, 9.17) is 4.74 Å². The molecule has 0 saturated heterocycles. The molecule has 0 aliphatic heterocycles. The maximum atomic E-state index is 11.1. The summed E-state index contributed by atoms with van der Waals surface area (Å²) in [4.78, 5) is 21.7. The minimum absolute atomic E-state index is 0.162. The Morgan fingerprint density at radius 2 is 2.00 bits per heavy atom. The highest BCUT2D eigenvalue weighted by atomic mass is 79.9. The van der Waals surface area contributed by atoms with Gasteiger partial charge in [-0.3, -0.25) is 9.59 Å². The summed E-state index contributed by atoms with van der Waals surface area (Å²) in [7, 11) is 0. The van der Waals surface area contributed by atoms with Gasteiger partial charge in [0.1, 0.15) is 18.8 Å². The van der Waals surface area contributed by atoms with E-state index in [2.05, 4.69) is 15.9 Å². The predicted octanol–water partition coefficient (Wildman–Crippen LogP) is 2.47. The highest BCUT2D eigenvalue weighted by molar-refractivity contribution is 9.10. The molecule has 4 heteroatoms. The Labute approximate surface area is 96.6 Å². The van der Waals surface area contributed by atoms with Crippen LogP contribution < -0.4 is 0 Å². The number of halogens is 1.